The second kappa shape index (κ2) is 13.6. The number of hydrogen-bond donors (Lipinski definition) is 1. The molecule has 3 aromatic carbocycles. The maximum atomic E-state index is 14.5. The van der Waals surface area contributed by atoms with Crippen molar-refractivity contribution in [3.8, 4) is 11.4 Å². The van der Waals surface area contributed by atoms with Crippen LogP contribution in [0.5, 0.6) is 0 Å². The Hall–Kier alpha value is -5.30. The Morgan fingerprint density at radius 3 is 2.31 bits per heavy atom. The molecule has 5 aromatic rings. The molecule has 1 aliphatic heterocycles. The topological polar surface area (TPSA) is 82.2 Å². The number of carbonyl (C=O) groups excluding carboxylic acids is 2. The third-order valence-electron chi connectivity index (χ3n) is 8.38. The van der Waals surface area contributed by atoms with E-state index in [1.54, 1.807) is 29.4 Å². The number of nitrogens with zero attached hydrogens (tertiary/aromatic N) is 4. The molecule has 0 bridgehead atoms. The zero-order valence-corrected chi connectivity index (χ0v) is 25.7. The van der Waals surface area contributed by atoms with Gasteiger partial charge in [-0.25, -0.2) is 9.97 Å². The summed E-state index contributed by atoms with van der Waals surface area (Å²) in [5.41, 5.74) is 8.21. The Labute approximate surface area is 264 Å². The van der Waals surface area contributed by atoms with Gasteiger partial charge in [0.15, 0.2) is 5.82 Å². The van der Waals surface area contributed by atoms with Crippen LogP contribution in [-0.2, 0) is 35.5 Å². The van der Waals surface area contributed by atoms with Gasteiger partial charge in [-0.2, -0.15) is 0 Å². The lowest BCUT2D eigenvalue weighted by atomic mass is 9.97. The number of carbonyl (C=O) groups is 2. The summed E-state index contributed by atoms with van der Waals surface area (Å²) >= 11 is 0. The minimum Gasteiger partial charge on any atom is -0.362 e. The Bertz CT molecular complexity index is 1800. The van der Waals surface area contributed by atoms with E-state index in [0.717, 1.165) is 45.6 Å². The standard InChI is InChI=1S/C38H37N5O2/c1-27-23-33(28(2)41-27)17-18-36(44)43(25-30-13-15-32(16-14-30)37-39-20-8-21-40-37)35(24-29-9-4-3-5-10-29)38(45)42-22-19-31-11-6-7-12-34(31)26-42/h3-18,20-21,23,35,41H,19,22,24-26H2,1-2H3/t35-/m0/s1. The van der Waals surface area contributed by atoms with E-state index in [9.17, 15) is 9.59 Å². The van der Waals surface area contributed by atoms with E-state index >= 15 is 0 Å². The summed E-state index contributed by atoms with van der Waals surface area (Å²) in [6.45, 7) is 5.41. The molecule has 1 N–H and O–H groups in total. The molecule has 7 heteroatoms. The number of aromatic nitrogens is 3. The number of nitrogens with one attached hydrogen (secondary N) is 1. The van der Waals surface area contributed by atoms with E-state index in [-0.39, 0.29) is 18.4 Å². The highest BCUT2D eigenvalue weighted by molar-refractivity contribution is 5.96. The van der Waals surface area contributed by atoms with Gasteiger partial charge in [-0.15, -0.1) is 0 Å². The molecule has 3 heterocycles. The van der Waals surface area contributed by atoms with Gasteiger partial charge in [-0.3, -0.25) is 9.59 Å². The third kappa shape index (κ3) is 7.10. The molecule has 0 saturated heterocycles. The maximum Gasteiger partial charge on any atom is 0.247 e. The first-order chi connectivity index (χ1) is 21.9. The molecule has 0 unspecified atom stereocenters. The van der Waals surface area contributed by atoms with E-state index in [1.807, 2.05) is 97.6 Å². The SMILES string of the molecule is Cc1cc(C=CC(=O)N(Cc2ccc(-c3ncccn3)cc2)[C@@H](Cc2ccccc2)C(=O)N2CCc3ccccc3C2)c(C)[nH]1. The predicted molar refractivity (Wildman–Crippen MR) is 177 cm³/mol. The molecule has 0 aliphatic carbocycles. The normalized spacial score (nSPS) is 13.4. The average molecular weight is 596 g/mol. The van der Waals surface area contributed by atoms with Gasteiger partial charge >= 0.3 is 0 Å². The van der Waals surface area contributed by atoms with Crippen molar-refractivity contribution in [2.24, 2.45) is 0 Å². The molecule has 226 valence electrons. The largest absolute Gasteiger partial charge is 0.362 e. The van der Waals surface area contributed by atoms with Gasteiger partial charge in [0.2, 0.25) is 11.8 Å². The molecular weight excluding hydrogens is 558 g/mol. The van der Waals surface area contributed by atoms with Crippen LogP contribution in [0.1, 0.15) is 39.2 Å². The van der Waals surface area contributed by atoms with Gasteiger partial charge in [0.1, 0.15) is 6.04 Å². The zero-order valence-electron chi connectivity index (χ0n) is 25.7. The van der Waals surface area contributed by atoms with E-state index in [1.165, 1.54) is 5.56 Å². The summed E-state index contributed by atoms with van der Waals surface area (Å²) in [5, 5.41) is 0. The number of amides is 2. The number of benzene rings is 3. The molecular formula is C38H37N5O2. The summed E-state index contributed by atoms with van der Waals surface area (Å²) in [5.74, 6) is 0.382. The summed E-state index contributed by atoms with van der Waals surface area (Å²) in [6.07, 6.45) is 8.08. The number of H-pyrrole nitrogens is 1. The predicted octanol–water partition coefficient (Wildman–Crippen LogP) is 6.33. The second-order valence-corrected chi connectivity index (χ2v) is 11.6. The lowest BCUT2D eigenvalue weighted by Gasteiger charge is -2.37. The van der Waals surface area contributed by atoms with Crippen molar-refractivity contribution in [2.45, 2.75) is 45.8 Å². The van der Waals surface area contributed by atoms with Gasteiger partial charge in [-0.05, 0) is 66.3 Å². The zero-order chi connectivity index (χ0) is 31.2. The van der Waals surface area contributed by atoms with Crippen molar-refractivity contribution in [1.82, 2.24) is 24.8 Å². The first-order valence-corrected chi connectivity index (χ1v) is 15.4. The highest BCUT2D eigenvalue weighted by atomic mass is 16.2. The second-order valence-electron chi connectivity index (χ2n) is 11.6. The monoisotopic (exact) mass is 595 g/mol. The molecule has 0 radical (unpaired) electrons. The Morgan fingerprint density at radius 2 is 1.60 bits per heavy atom. The highest BCUT2D eigenvalue weighted by Gasteiger charge is 2.34. The Morgan fingerprint density at radius 1 is 0.889 bits per heavy atom. The van der Waals surface area contributed by atoms with Crippen LogP contribution in [0.2, 0.25) is 0 Å². The first kappa shape index (κ1) is 29.8. The van der Waals surface area contributed by atoms with Crippen LogP contribution in [0.3, 0.4) is 0 Å². The Kier molecular flexibility index (Phi) is 8.96. The fraction of sp³-hybridized carbons (Fsp3) is 0.211. The van der Waals surface area contributed by atoms with Gasteiger partial charge in [-0.1, -0.05) is 78.9 Å². The molecule has 2 amide bonds. The molecule has 0 spiro atoms. The molecule has 45 heavy (non-hydrogen) atoms. The van der Waals surface area contributed by atoms with Crippen molar-refractivity contribution < 1.29 is 9.59 Å². The number of hydrogen-bond acceptors (Lipinski definition) is 4. The van der Waals surface area contributed by atoms with Gasteiger partial charge < -0.3 is 14.8 Å². The molecule has 2 aromatic heterocycles. The van der Waals surface area contributed by atoms with Crippen LogP contribution in [-0.4, -0.2) is 49.2 Å². The quantitative estimate of drug-likeness (QED) is 0.202. The highest BCUT2D eigenvalue weighted by Crippen LogP contribution is 2.24. The third-order valence-corrected chi connectivity index (χ3v) is 8.38. The summed E-state index contributed by atoms with van der Waals surface area (Å²) < 4.78 is 0. The molecule has 0 fully saturated rings. The molecule has 1 atom stereocenters. The van der Waals surface area contributed by atoms with E-state index in [2.05, 4.69) is 27.1 Å². The number of aromatic amines is 1. The fourth-order valence-electron chi connectivity index (χ4n) is 5.98. The number of aryl methyl sites for hydroxylation is 2. The molecule has 7 nitrogen and oxygen atoms in total. The van der Waals surface area contributed by atoms with Crippen molar-refractivity contribution in [3.05, 3.63) is 149 Å². The molecule has 0 saturated carbocycles. The lowest BCUT2D eigenvalue weighted by Crippen LogP contribution is -2.52. The molecule has 1 aliphatic rings. The van der Waals surface area contributed by atoms with E-state index in [4.69, 9.17) is 0 Å². The molecule has 6 rings (SSSR count). The van der Waals surface area contributed by atoms with Crippen molar-refractivity contribution >= 4 is 17.9 Å². The first-order valence-electron chi connectivity index (χ1n) is 15.4. The van der Waals surface area contributed by atoms with Crippen LogP contribution in [0.4, 0.5) is 0 Å². The number of fused-ring (bicyclic) bond motifs is 1. The summed E-state index contributed by atoms with van der Waals surface area (Å²) in [7, 11) is 0. The lowest BCUT2D eigenvalue weighted by molar-refractivity contribution is -0.144. The van der Waals surface area contributed by atoms with Crippen LogP contribution in [0, 0.1) is 13.8 Å². The average Bonchev–Trinajstić information content (AvgIpc) is 3.41. The van der Waals surface area contributed by atoms with Crippen LogP contribution in [0.15, 0.2) is 109 Å². The fourth-order valence-corrected chi connectivity index (χ4v) is 5.98. The maximum absolute atomic E-state index is 14.5. The van der Waals surface area contributed by atoms with E-state index in [0.29, 0.717) is 25.3 Å². The smallest absolute Gasteiger partial charge is 0.247 e. The van der Waals surface area contributed by atoms with Crippen molar-refractivity contribution in [3.63, 3.8) is 0 Å². The summed E-state index contributed by atoms with van der Waals surface area (Å²) in [6, 6.07) is 29.2. The van der Waals surface area contributed by atoms with Gasteiger partial charge in [0.25, 0.3) is 0 Å². The van der Waals surface area contributed by atoms with Gasteiger partial charge in [0, 0.05) is 61.5 Å². The van der Waals surface area contributed by atoms with Crippen LogP contribution < -0.4 is 0 Å². The summed E-state index contributed by atoms with van der Waals surface area (Å²) in [4.78, 5) is 44.3. The van der Waals surface area contributed by atoms with Crippen LogP contribution in [0.25, 0.3) is 17.5 Å². The Balaban J connectivity index is 1.35. The van der Waals surface area contributed by atoms with Crippen molar-refractivity contribution in [2.75, 3.05) is 6.54 Å². The van der Waals surface area contributed by atoms with Crippen LogP contribution >= 0.6 is 0 Å². The van der Waals surface area contributed by atoms with E-state index < -0.39 is 6.04 Å². The number of rotatable bonds is 9. The van der Waals surface area contributed by atoms with Crippen molar-refractivity contribution in [1.29, 1.82) is 0 Å². The van der Waals surface area contributed by atoms with Gasteiger partial charge in [0.05, 0.1) is 0 Å². The minimum absolute atomic E-state index is 0.0434. The minimum atomic E-state index is -0.694.